The summed E-state index contributed by atoms with van der Waals surface area (Å²) < 4.78 is 39.3. The van der Waals surface area contributed by atoms with Crippen molar-refractivity contribution in [3.05, 3.63) is 0 Å². The molecular weight excluding hydrogens is 925 g/mol. The maximum Gasteiger partial charge on any atom is 0.409 e. The molecule has 0 saturated carbocycles. The molecule has 0 rings (SSSR count). The van der Waals surface area contributed by atoms with Gasteiger partial charge in [0.15, 0.2) is 12.2 Å². The van der Waals surface area contributed by atoms with Gasteiger partial charge in [-0.3, -0.25) is 28.8 Å². The highest BCUT2D eigenvalue weighted by molar-refractivity contribution is 5.74. The Hall–Kier alpha value is -3.95. The Morgan fingerprint density at radius 2 is 0.681 bits per heavy atom. The number of hydrogen-bond acceptors (Lipinski definition) is 15. The molecule has 16 heteroatoms. The van der Waals surface area contributed by atoms with E-state index in [1.807, 2.05) is 46.7 Å². The molecule has 16 nitrogen and oxygen atoms in total. The number of ether oxygens (including phenoxy) is 7. The first-order chi connectivity index (χ1) is 34.5. The van der Waals surface area contributed by atoms with Gasteiger partial charge >= 0.3 is 41.9 Å². The van der Waals surface area contributed by atoms with Crippen LogP contribution in [0.5, 0.6) is 0 Å². The normalized spacial score (nSPS) is 13.8. The predicted molar refractivity (Wildman–Crippen MR) is 280 cm³/mol. The molecule has 0 bridgehead atoms. The highest BCUT2D eigenvalue weighted by Gasteiger charge is 2.26. The first-order valence-electron chi connectivity index (χ1n) is 28.1. The number of esters is 6. The monoisotopic (exact) mass is 1030 g/mol. The van der Waals surface area contributed by atoms with Gasteiger partial charge in [-0.05, 0) is 59.0 Å². The molecule has 4 unspecified atom stereocenters. The van der Waals surface area contributed by atoms with Crippen molar-refractivity contribution >= 4 is 41.9 Å². The number of hydrogen-bond donors (Lipinski definition) is 0. The summed E-state index contributed by atoms with van der Waals surface area (Å²) in [6, 6.07) is 0. The number of unbranched alkanes of at least 4 members (excludes halogenated alkanes) is 12. The molecule has 0 aliphatic carbocycles. The van der Waals surface area contributed by atoms with Crippen molar-refractivity contribution in [3.8, 4) is 0 Å². The van der Waals surface area contributed by atoms with Crippen LogP contribution in [0.25, 0.3) is 0 Å². The van der Waals surface area contributed by atoms with E-state index in [9.17, 15) is 33.6 Å². The van der Waals surface area contributed by atoms with Crippen LogP contribution in [0.1, 0.15) is 216 Å². The third kappa shape index (κ3) is 36.9. The summed E-state index contributed by atoms with van der Waals surface area (Å²) in [5, 5.41) is 0. The third-order valence-corrected chi connectivity index (χ3v) is 12.7. The zero-order valence-corrected chi connectivity index (χ0v) is 46.9. The first kappa shape index (κ1) is 68.0. The van der Waals surface area contributed by atoms with E-state index in [2.05, 4.69) is 27.7 Å². The Bertz CT molecular complexity index is 1300. The Kier molecular flexibility index (Phi) is 42.1. The maximum atomic E-state index is 13.4. The fourth-order valence-electron chi connectivity index (χ4n) is 7.73. The van der Waals surface area contributed by atoms with Crippen LogP contribution in [0.4, 0.5) is 4.79 Å². The van der Waals surface area contributed by atoms with E-state index < -0.39 is 54.1 Å². The van der Waals surface area contributed by atoms with Crippen LogP contribution in [-0.4, -0.2) is 131 Å². The molecule has 4 atom stereocenters. The summed E-state index contributed by atoms with van der Waals surface area (Å²) in [5.41, 5.74) is 0. The second-order valence-electron chi connectivity index (χ2n) is 20.2. The topological polar surface area (TPSA) is 191 Å². The zero-order valence-electron chi connectivity index (χ0n) is 46.9. The smallest absolute Gasteiger partial charge is 0.409 e. The highest BCUT2D eigenvalue weighted by Crippen LogP contribution is 2.18. The zero-order chi connectivity index (χ0) is 53.9. The minimum Gasteiger partial charge on any atom is -0.461 e. The molecule has 0 fully saturated rings. The Morgan fingerprint density at radius 3 is 0.958 bits per heavy atom. The van der Waals surface area contributed by atoms with Crippen molar-refractivity contribution < 1.29 is 66.7 Å². The third-order valence-electron chi connectivity index (χ3n) is 12.7. The molecular formula is C56H102N2O14. The maximum absolute atomic E-state index is 13.4. The average molecular weight is 1030 g/mol. The van der Waals surface area contributed by atoms with Crippen LogP contribution in [0, 0.1) is 23.7 Å². The van der Waals surface area contributed by atoms with Crippen LogP contribution >= 0.6 is 0 Å². The summed E-state index contributed by atoms with van der Waals surface area (Å²) in [4.78, 5) is 94.9. The number of nitrogens with zero attached hydrogens (tertiary/aromatic N) is 2. The number of carbonyl (C=O) groups is 7. The molecule has 0 aliphatic heterocycles. The Labute approximate surface area is 435 Å². The molecule has 1 amide bonds. The van der Waals surface area contributed by atoms with Crippen molar-refractivity contribution in [2.45, 2.75) is 228 Å². The second kappa shape index (κ2) is 44.5. The van der Waals surface area contributed by atoms with E-state index in [4.69, 9.17) is 33.2 Å². The van der Waals surface area contributed by atoms with E-state index in [0.717, 1.165) is 103 Å². The van der Waals surface area contributed by atoms with Crippen molar-refractivity contribution in [1.29, 1.82) is 0 Å². The van der Waals surface area contributed by atoms with E-state index in [1.54, 1.807) is 0 Å². The van der Waals surface area contributed by atoms with Crippen LogP contribution in [0.2, 0.25) is 0 Å². The molecule has 420 valence electrons. The fourth-order valence-corrected chi connectivity index (χ4v) is 7.73. The van der Waals surface area contributed by atoms with Gasteiger partial charge < -0.3 is 43.0 Å². The van der Waals surface area contributed by atoms with Gasteiger partial charge in [-0.25, -0.2) is 4.79 Å². The molecule has 0 saturated heterocycles. The van der Waals surface area contributed by atoms with Gasteiger partial charge in [0, 0.05) is 32.5 Å². The number of carbonyl (C=O) groups excluding carboxylic acids is 7. The van der Waals surface area contributed by atoms with Gasteiger partial charge in [-0.15, -0.1) is 0 Å². The van der Waals surface area contributed by atoms with Gasteiger partial charge in [0.05, 0.1) is 30.3 Å². The van der Waals surface area contributed by atoms with Crippen molar-refractivity contribution in [2.75, 3.05) is 66.8 Å². The van der Waals surface area contributed by atoms with E-state index in [-0.39, 0.29) is 95.5 Å². The quantitative estimate of drug-likeness (QED) is 0.0318. The molecule has 0 heterocycles. The molecule has 0 aromatic carbocycles. The van der Waals surface area contributed by atoms with Crippen LogP contribution in [0.3, 0.4) is 0 Å². The molecule has 0 aromatic rings. The predicted octanol–water partition coefficient (Wildman–Crippen LogP) is 11.4. The van der Waals surface area contributed by atoms with Crippen molar-refractivity contribution in [3.63, 3.8) is 0 Å². The molecule has 0 aromatic heterocycles. The van der Waals surface area contributed by atoms with Crippen molar-refractivity contribution in [1.82, 2.24) is 9.80 Å². The van der Waals surface area contributed by atoms with E-state index >= 15 is 0 Å². The SMILES string of the molecule is CCCCCCC(C)C(=O)OCC(COC(=O)C(C)CCCCCC)OC(=O)CCCN(CCCC(=O)OC(COC(=O)C(C)CCCCCC)COC(=O)C(C)CCCCCC)C(=O)OCCCN(C)C. The molecule has 0 radical (unpaired) electrons. The van der Waals surface area contributed by atoms with Gasteiger partial charge in [-0.2, -0.15) is 0 Å². The number of amides is 1. The molecule has 0 aliphatic rings. The minimum absolute atomic E-state index is 0.0954. The summed E-state index contributed by atoms with van der Waals surface area (Å²) in [6.07, 6.45) is 17.2. The Morgan fingerprint density at radius 1 is 0.375 bits per heavy atom. The lowest BCUT2D eigenvalue weighted by Gasteiger charge is -2.23. The van der Waals surface area contributed by atoms with Crippen LogP contribution < -0.4 is 0 Å². The average Bonchev–Trinajstić information content (AvgIpc) is 3.35. The van der Waals surface area contributed by atoms with Gasteiger partial charge in [0.25, 0.3) is 0 Å². The summed E-state index contributed by atoms with van der Waals surface area (Å²) >= 11 is 0. The molecule has 0 N–H and O–H groups in total. The van der Waals surface area contributed by atoms with Crippen LogP contribution in [-0.2, 0) is 61.9 Å². The first-order valence-corrected chi connectivity index (χ1v) is 28.1. The van der Waals surface area contributed by atoms with Gasteiger partial charge in [0.2, 0.25) is 0 Å². The molecule has 0 spiro atoms. The van der Waals surface area contributed by atoms with E-state index in [0.29, 0.717) is 38.6 Å². The Balaban J connectivity index is 5.80. The fraction of sp³-hybridized carbons (Fsp3) is 0.875. The largest absolute Gasteiger partial charge is 0.461 e. The van der Waals surface area contributed by atoms with Gasteiger partial charge in [-0.1, -0.05) is 158 Å². The standard InChI is InChI=1S/C56H102N2O14/c1-11-15-19-23-30-44(5)52(61)67-40-48(41-68-53(62)45(6)31-24-20-16-12-2)71-50(59)34-27-37-58(56(65)66-39-29-36-57(9)10)38-28-35-51(60)72-49(42-69-54(63)46(7)32-25-21-17-13-3)43-70-55(64)47(8)33-26-22-18-14-4/h44-49H,11-43H2,1-10H3. The van der Waals surface area contributed by atoms with Crippen molar-refractivity contribution in [2.24, 2.45) is 23.7 Å². The summed E-state index contributed by atoms with van der Waals surface area (Å²) in [5.74, 6) is -4.26. The molecule has 72 heavy (non-hydrogen) atoms. The van der Waals surface area contributed by atoms with E-state index in [1.165, 1.54) is 4.90 Å². The van der Waals surface area contributed by atoms with Gasteiger partial charge in [0.1, 0.15) is 26.4 Å². The lowest BCUT2D eigenvalue weighted by atomic mass is 10.0. The lowest BCUT2D eigenvalue weighted by Crippen LogP contribution is -2.36. The number of rotatable bonds is 46. The van der Waals surface area contributed by atoms with Crippen LogP contribution in [0.15, 0.2) is 0 Å². The minimum atomic E-state index is -1.03. The highest BCUT2D eigenvalue weighted by atomic mass is 16.6. The second-order valence-corrected chi connectivity index (χ2v) is 20.2. The summed E-state index contributed by atoms with van der Waals surface area (Å²) in [6.45, 7) is 15.7. The lowest BCUT2D eigenvalue weighted by molar-refractivity contribution is -0.169. The summed E-state index contributed by atoms with van der Waals surface area (Å²) in [7, 11) is 3.84.